The lowest BCUT2D eigenvalue weighted by atomic mass is 10.1. The zero-order valence-corrected chi connectivity index (χ0v) is 11.3. The molecule has 0 amide bonds. The van der Waals surface area contributed by atoms with Crippen molar-refractivity contribution in [2.45, 2.75) is 12.5 Å². The molecule has 0 saturated carbocycles. The molecule has 1 aliphatic heterocycles. The summed E-state index contributed by atoms with van der Waals surface area (Å²) in [5.74, 6) is -0.450. The highest BCUT2D eigenvalue weighted by Crippen LogP contribution is 2.22. The average Bonchev–Trinajstić information content (AvgIpc) is 3.00. The molecule has 1 unspecified atom stereocenters. The Bertz CT molecular complexity index is 654. The van der Waals surface area contributed by atoms with Crippen LogP contribution in [0.15, 0.2) is 36.7 Å². The maximum atomic E-state index is 11.0. The van der Waals surface area contributed by atoms with E-state index >= 15 is 0 Å². The number of carboxylic acid groups (broad SMARTS) is 1. The summed E-state index contributed by atoms with van der Waals surface area (Å²) in [6.45, 7) is 1.76. The summed E-state index contributed by atoms with van der Waals surface area (Å²) in [5.41, 5.74) is 1.61. The number of rotatable bonds is 4. The van der Waals surface area contributed by atoms with Crippen LogP contribution in [0.1, 0.15) is 16.8 Å². The number of nitrogens with zero attached hydrogens (tertiary/aromatic N) is 2. The summed E-state index contributed by atoms with van der Waals surface area (Å²) in [4.78, 5) is 19.3. The Balaban J connectivity index is 1.85. The number of nitrogens with one attached hydrogen (secondary N) is 1. The van der Waals surface area contributed by atoms with Crippen molar-refractivity contribution in [1.29, 1.82) is 0 Å². The molecule has 1 saturated heterocycles. The molecule has 0 radical (unpaired) electrons. The van der Waals surface area contributed by atoms with Crippen molar-refractivity contribution in [2.75, 3.05) is 13.1 Å². The van der Waals surface area contributed by atoms with Crippen LogP contribution in [0.25, 0.3) is 11.3 Å². The van der Waals surface area contributed by atoms with E-state index in [0.29, 0.717) is 11.6 Å². The van der Waals surface area contributed by atoms with Crippen molar-refractivity contribution in [1.82, 2.24) is 15.3 Å². The molecule has 1 aliphatic rings. The van der Waals surface area contributed by atoms with Crippen LogP contribution in [0.4, 0.5) is 0 Å². The zero-order valence-electron chi connectivity index (χ0n) is 11.3. The Morgan fingerprint density at radius 1 is 1.33 bits per heavy atom. The Hall–Kier alpha value is -2.47. The lowest BCUT2D eigenvalue weighted by Crippen LogP contribution is -2.20. The maximum Gasteiger partial charge on any atom is 0.335 e. The van der Waals surface area contributed by atoms with Crippen LogP contribution in [0.2, 0.25) is 0 Å². The van der Waals surface area contributed by atoms with E-state index in [0.717, 1.165) is 25.1 Å². The maximum absolute atomic E-state index is 11.0. The van der Waals surface area contributed by atoms with Gasteiger partial charge in [0.2, 0.25) is 5.88 Å². The summed E-state index contributed by atoms with van der Waals surface area (Å²) >= 11 is 0. The van der Waals surface area contributed by atoms with Gasteiger partial charge in [0.05, 0.1) is 11.3 Å². The van der Waals surface area contributed by atoms with Crippen LogP contribution in [0, 0.1) is 0 Å². The van der Waals surface area contributed by atoms with Gasteiger partial charge in [-0.15, -0.1) is 0 Å². The number of carboxylic acids is 1. The molecular weight excluding hydrogens is 270 g/mol. The predicted octanol–water partition coefficient (Wildman–Crippen LogP) is 1.58. The summed E-state index contributed by atoms with van der Waals surface area (Å²) in [6.07, 6.45) is 2.51. The summed E-state index contributed by atoms with van der Waals surface area (Å²) < 4.78 is 5.79. The van der Waals surface area contributed by atoms with Crippen LogP contribution in [-0.4, -0.2) is 40.2 Å². The monoisotopic (exact) mass is 285 g/mol. The summed E-state index contributed by atoms with van der Waals surface area (Å²) in [6, 6.07) is 8.39. The van der Waals surface area contributed by atoms with Crippen molar-refractivity contribution in [3.63, 3.8) is 0 Å². The van der Waals surface area contributed by atoms with E-state index in [9.17, 15) is 4.79 Å². The molecule has 2 N–H and O–H groups in total. The predicted molar refractivity (Wildman–Crippen MR) is 76.3 cm³/mol. The Morgan fingerprint density at radius 2 is 2.24 bits per heavy atom. The van der Waals surface area contributed by atoms with Crippen LogP contribution in [0.5, 0.6) is 5.88 Å². The molecule has 108 valence electrons. The fourth-order valence-corrected chi connectivity index (χ4v) is 2.27. The largest absolute Gasteiger partial charge is 0.478 e. The highest BCUT2D eigenvalue weighted by atomic mass is 16.5. The number of hydrogen-bond acceptors (Lipinski definition) is 5. The highest BCUT2D eigenvalue weighted by Gasteiger charge is 2.17. The van der Waals surface area contributed by atoms with E-state index in [2.05, 4.69) is 15.3 Å². The van der Waals surface area contributed by atoms with Gasteiger partial charge in [0.25, 0.3) is 0 Å². The number of aromatic carboxylic acids is 1. The Morgan fingerprint density at radius 3 is 3.00 bits per heavy atom. The van der Waals surface area contributed by atoms with Gasteiger partial charge < -0.3 is 15.2 Å². The lowest BCUT2D eigenvalue weighted by Gasteiger charge is -2.11. The molecule has 2 heterocycles. The topological polar surface area (TPSA) is 84.3 Å². The lowest BCUT2D eigenvalue weighted by molar-refractivity contribution is 0.0697. The van der Waals surface area contributed by atoms with E-state index in [4.69, 9.17) is 9.84 Å². The van der Waals surface area contributed by atoms with E-state index in [-0.39, 0.29) is 11.7 Å². The van der Waals surface area contributed by atoms with Crippen LogP contribution in [-0.2, 0) is 0 Å². The third-order valence-electron chi connectivity index (χ3n) is 3.35. The SMILES string of the molecule is O=C(O)c1cccc(-c2cc(OC3CCNC3)ncn2)c1. The van der Waals surface area contributed by atoms with Crippen molar-refractivity contribution >= 4 is 5.97 Å². The molecule has 1 aromatic heterocycles. The number of aromatic nitrogens is 2. The van der Waals surface area contributed by atoms with E-state index in [1.54, 1.807) is 24.3 Å². The first-order valence-electron chi connectivity index (χ1n) is 6.75. The van der Waals surface area contributed by atoms with E-state index in [1.165, 1.54) is 6.33 Å². The standard InChI is InChI=1S/C15H15N3O3/c19-15(20)11-3-1-2-10(6-11)13-7-14(18-9-17-13)21-12-4-5-16-8-12/h1-3,6-7,9,12,16H,4-5,8H2,(H,19,20). The molecule has 0 aliphatic carbocycles. The first-order chi connectivity index (χ1) is 10.2. The molecule has 21 heavy (non-hydrogen) atoms. The van der Waals surface area contributed by atoms with Gasteiger partial charge in [0, 0.05) is 18.2 Å². The third kappa shape index (κ3) is 3.17. The molecule has 1 atom stereocenters. The molecule has 1 aromatic carbocycles. The van der Waals surface area contributed by atoms with Crippen molar-refractivity contribution < 1.29 is 14.6 Å². The van der Waals surface area contributed by atoms with Crippen LogP contribution < -0.4 is 10.1 Å². The number of hydrogen-bond donors (Lipinski definition) is 2. The first-order valence-corrected chi connectivity index (χ1v) is 6.75. The fourth-order valence-electron chi connectivity index (χ4n) is 2.27. The second-order valence-electron chi connectivity index (χ2n) is 4.86. The summed E-state index contributed by atoms with van der Waals surface area (Å²) in [7, 11) is 0. The van der Waals surface area contributed by atoms with Gasteiger partial charge >= 0.3 is 5.97 Å². The molecule has 0 bridgehead atoms. The van der Waals surface area contributed by atoms with Crippen LogP contribution >= 0.6 is 0 Å². The van der Waals surface area contributed by atoms with Gasteiger partial charge in [0.15, 0.2) is 0 Å². The van der Waals surface area contributed by atoms with E-state index in [1.807, 2.05) is 6.07 Å². The van der Waals surface area contributed by atoms with Gasteiger partial charge in [-0.25, -0.2) is 14.8 Å². The summed E-state index contributed by atoms with van der Waals surface area (Å²) in [5, 5.41) is 12.3. The van der Waals surface area contributed by atoms with Gasteiger partial charge in [-0.1, -0.05) is 12.1 Å². The fraction of sp³-hybridized carbons (Fsp3) is 0.267. The second-order valence-corrected chi connectivity index (χ2v) is 4.86. The normalized spacial score (nSPS) is 17.6. The minimum atomic E-state index is -0.959. The highest BCUT2D eigenvalue weighted by molar-refractivity contribution is 5.89. The molecule has 6 nitrogen and oxygen atoms in total. The molecule has 0 spiro atoms. The molecular formula is C15H15N3O3. The number of benzene rings is 1. The minimum Gasteiger partial charge on any atom is -0.478 e. The number of carbonyl (C=O) groups is 1. The Kier molecular flexibility index (Phi) is 3.79. The van der Waals surface area contributed by atoms with Gasteiger partial charge in [0.1, 0.15) is 12.4 Å². The van der Waals surface area contributed by atoms with E-state index < -0.39 is 5.97 Å². The van der Waals surface area contributed by atoms with Crippen molar-refractivity contribution in [3.05, 3.63) is 42.2 Å². The molecule has 6 heteroatoms. The third-order valence-corrected chi connectivity index (χ3v) is 3.35. The average molecular weight is 285 g/mol. The van der Waals surface area contributed by atoms with Gasteiger partial charge in [-0.05, 0) is 25.1 Å². The molecule has 2 aromatic rings. The smallest absolute Gasteiger partial charge is 0.335 e. The first kappa shape index (κ1) is 13.5. The second kappa shape index (κ2) is 5.88. The van der Waals surface area contributed by atoms with Crippen LogP contribution in [0.3, 0.4) is 0 Å². The molecule has 3 rings (SSSR count). The van der Waals surface area contributed by atoms with Gasteiger partial charge in [-0.3, -0.25) is 0 Å². The Labute approximate surface area is 121 Å². The van der Waals surface area contributed by atoms with Gasteiger partial charge in [-0.2, -0.15) is 0 Å². The van der Waals surface area contributed by atoms with Crippen molar-refractivity contribution in [3.8, 4) is 17.1 Å². The van der Waals surface area contributed by atoms with Crippen molar-refractivity contribution in [2.24, 2.45) is 0 Å². The quantitative estimate of drug-likeness (QED) is 0.887. The minimum absolute atomic E-state index is 0.123. The zero-order chi connectivity index (χ0) is 14.7. The molecule has 1 fully saturated rings. The number of ether oxygens (including phenoxy) is 1.